The molecule has 22 nitrogen and oxygen atoms in total. The molecule has 2 aromatic carbocycles. The van der Waals surface area contributed by atoms with Gasteiger partial charge >= 0.3 is 11.9 Å². The summed E-state index contributed by atoms with van der Waals surface area (Å²) in [7, 11) is 0. The lowest BCUT2D eigenvalue weighted by Crippen LogP contribution is -2.51. The van der Waals surface area contributed by atoms with Gasteiger partial charge in [0.15, 0.2) is 12.2 Å². The number of halogens is 1. The second-order valence-corrected chi connectivity index (χ2v) is 20.7. The molecule has 23 heteroatoms. The Hall–Kier alpha value is -8.18. The SMILES string of the molecule is CC[C@@]1(O)C(=O)OCc2c1cc1n(c2=O)Cc2c-1nc1cc(F)c(C)c3c1c2[C@@H](NC(=O)C1CCCCC1OCNC(=O)CNC(=O)[C@H](Cc1ccccc1)NC(=O)COC(=O)CNC(=O)CCCCCN1C(=O)C=CC1=O)CC3. The summed E-state index contributed by atoms with van der Waals surface area (Å²) in [5.74, 6) is -6.42. The van der Waals surface area contributed by atoms with Gasteiger partial charge in [0.2, 0.25) is 23.6 Å². The maximum atomic E-state index is 15.5. The van der Waals surface area contributed by atoms with Crippen LogP contribution in [0.2, 0.25) is 0 Å². The van der Waals surface area contributed by atoms with Gasteiger partial charge in [-0.05, 0) is 80.2 Å². The first-order chi connectivity index (χ1) is 38.4. The van der Waals surface area contributed by atoms with Crippen LogP contribution >= 0.6 is 0 Å². The zero-order valence-electron chi connectivity index (χ0n) is 44.4. The molecule has 5 heterocycles. The number of hydrogen-bond donors (Lipinski definition) is 6. The Bertz CT molecular complexity index is 3250. The number of carbonyl (C=O) groups excluding carboxylic acids is 9. The Morgan fingerprint density at radius 1 is 0.887 bits per heavy atom. The number of nitrogens with zero attached hydrogens (tertiary/aromatic N) is 3. The van der Waals surface area contributed by atoms with E-state index in [-0.39, 0.29) is 74.5 Å². The first-order valence-corrected chi connectivity index (χ1v) is 27.0. The van der Waals surface area contributed by atoms with Gasteiger partial charge in [-0.1, -0.05) is 56.5 Å². The third-order valence-corrected chi connectivity index (χ3v) is 15.6. The molecule has 0 saturated heterocycles. The highest BCUT2D eigenvalue weighted by Gasteiger charge is 2.46. The number of hydrogen-bond acceptors (Lipinski definition) is 15. The number of benzene rings is 2. The molecule has 422 valence electrons. The van der Waals surface area contributed by atoms with Crippen LogP contribution < -0.4 is 32.1 Å². The first kappa shape index (κ1) is 56.5. The van der Waals surface area contributed by atoms with Crippen molar-refractivity contribution in [1.29, 1.82) is 0 Å². The fourth-order valence-corrected chi connectivity index (χ4v) is 11.3. The number of fused-ring (bicyclic) bond motifs is 5. The number of carbonyl (C=O) groups is 9. The molecule has 0 radical (unpaired) electrons. The second kappa shape index (κ2) is 24.5. The van der Waals surface area contributed by atoms with Crippen LogP contribution in [0.25, 0.3) is 22.3 Å². The number of unbranched alkanes of at least 4 members (excludes halogenated alkanes) is 2. The monoisotopic (exact) mass is 1100 g/mol. The molecule has 2 unspecified atom stereocenters. The number of pyridine rings is 2. The lowest BCUT2D eigenvalue weighted by molar-refractivity contribution is -0.172. The summed E-state index contributed by atoms with van der Waals surface area (Å²) in [5, 5.41) is 25.5. The summed E-state index contributed by atoms with van der Waals surface area (Å²) >= 11 is 0. The quantitative estimate of drug-likeness (QED) is 0.0251. The van der Waals surface area contributed by atoms with Gasteiger partial charge in [0.25, 0.3) is 23.3 Å². The van der Waals surface area contributed by atoms with Crippen molar-refractivity contribution < 1.29 is 66.9 Å². The van der Waals surface area contributed by atoms with Crippen molar-refractivity contribution in [3.05, 3.63) is 110 Å². The summed E-state index contributed by atoms with van der Waals surface area (Å²) in [6.45, 7) is 1.28. The van der Waals surface area contributed by atoms with Crippen LogP contribution in [-0.2, 0) is 89.0 Å². The predicted molar refractivity (Wildman–Crippen MR) is 282 cm³/mol. The van der Waals surface area contributed by atoms with Gasteiger partial charge in [0.05, 0.1) is 53.6 Å². The number of rotatable bonds is 22. The molecule has 0 spiro atoms. The van der Waals surface area contributed by atoms with Gasteiger partial charge < -0.3 is 50.5 Å². The number of aliphatic hydroxyl groups is 1. The average Bonchev–Trinajstić information content (AvgIpc) is 4.15. The largest absolute Gasteiger partial charge is 0.458 e. The molecule has 9 rings (SSSR count). The van der Waals surface area contributed by atoms with Crippen LogP contribution in [0.5, 0.6) is 0 Å². The summed E-state index contributed by atoms with van der Waals surface area (Å²) in [5.41, 5.74) is 2.17. The minimum Gasteiger partial charge on any atom is -0.458 e. The summed E-state index contributed by atoms with van der Waals surface area (Å²) in [6.07, 6.45) is 6.77. The smallest absolute Gasteiger partial charge is 0.343 e. The minimum atomic E-state index is -2.05. The zero-order valence-corrected chi connectivity index (χ0v) is 44.4. The van der Waals surface area contributed by atoms with E-state index in [1.807, 2.05) is 0 Å². The van der Waals surface area contributed by atoms with Crippen molar-refractivity contribution in [3.8, 4) is 11.4 Å². The van der Waals surface area contributed by atoms with E-state index in [0.717, 1.165) is 23.3 Å². The number of aromatic nitrogens is 2. The molecule has 1 fully saturated rings. The van der Waals surface area contributed by atoms with Crippen LogP contribution in [-0.4, -0.2) is 118 Å². The second-order valence-electron chi connectivity index (χ2n) is 20.7. The highest BCUT2D eigenvalue weighted by Crippen LogP contribution is 2.46. The van der Waals surface area contributed by atoms with Crippen LogP contribution in [0.15, 0.2) is 59.4 Å². The molecule has 6 N–H and O–H groups in total. The normalized spacial score (nSPS) is 20.0. The highest BCUT2D eigenvalue weighted by molar-refractivity contribution is 6.12. The molecule has 0 bridgehead atoms. The number of nitrogens with one attached hydrogen (secondary N) is 5. The number of ether oxygens (including phenoxy) is 3. The van der Waals surface area contributed by atoms with Crippen molar-refractivity contribution in [2.75, 3.05) is 33.0 Å². The Labute approximate surface area is 458 Å². The van der Waals surface area contributed by atoms with Gasteiger partial charge in [-0.15, -0.1) is 0 Å². The van der Waals surface area contributed by atoms with Gasteiger partial charge in [0, 0.05) is 54.1 Å². The summed E-state index contributed by atoms with van der Waals surface area (Å²) in [4.78, 5) is 135. The molecular formula is C57H63FN8O14. The molecule has 2 aromatic heterocycles. The topological polar surface area (TPSA) is 300 Å². The third kappa shape index (κ3) is 12.0. The minimum absolute atomic E-state index is 0.0263. The van der Waals surface area contributed by atoms with Crippen molar-refractivity contribution >= 4 is 64.2 Å². The third-order valence-electron chi connectivity index (χ3n) is 15.6. The fourth-order valence-electron chi connectivity index (χ4n) is 11.3. The zero-order chi connectivity index (χ0) is 56.8. The van der Waals surface area contributed by atoms with E-state index in [2.05, 4.69) is 26.6 Å². The summed E-state index contributed by atoms with van der Waals surface area (Å²) < 4.78 is 33.5. The van der Waals surface area contributed by atoms with E-state index in [1.165, 1.54) is 22.8 Å². The maximum absolute atomic E-state index is 15.5. The number of aryl methyl sites for hydroxylation is 1. The standard InChI is InChI=1S/C57H63FN8O14/c1-3-57(77)37-23-42-52-35(27-66(42)55(75)36(37)28-79-56(57)76)51-39(18-17-33-31(2)38(58)24-40(63-52)50(33)51)64-53(73)34-14-9-10-15-43(34)80-30-61-45(68)25-60-54(74)41(22-32-12-6-4-7-13-32)62-46(69)29-78-49(72)26-59-44(67)16-8-5-11-21-65-47(70)19-20-48(65)71/h4,6-7,12-13,19-20,23-24,34,39,41,43,77H,3,5,8-11,14-18,21-22,25-30H2,1-2H3,(H,59,67)(H,60,74)(H,61,68)(H,62,69)(H,64,73)/t34?,39-,41-,43?,57-/m0/s1. The number of amides is 7. The van der Waals surface area contributed by atoms with Crippen molar-refractivity contribution in [2.24, 2.45) is 5.92 Å². The Morgan fingerprint density at radius 2 is 1.65 bits per heavy atom. The van der Waals surface area contributed by atoms with Gasteiger partial charge in [-0.2, -0.15) is 0 Å². The lowest BCUT2D eigenvalue weighted by atomic mass is 9.80. The Kier molecular flexibility index (Phi) is 17.3. The van der Waals surface area contributed by atoms with E-state index >= 15 is 4.39 Å². The van der Waals surface area contributed by atoms with Crippen LogP contribution in [0.1, 0.15) is 116 Å². The van der Waals surface area contributed by atoms with Gasteiger partial charge in [-0.3, -0.25) is 48.1 Å². The average molecular weight is 1100 g/mol. The molecule has 5 atom stereocenters. The first-order valence-electron chi connectivity index (χ1n) is 27.0. The molecule has 1 saturated carbocycles. The van der Waals surface area contributed by atoms with E-state index in [1.54, 1.807) is 50.2 Å². The Morgan fingerprint density at radius 3 is 2.41 bits per heavy atom. The van der Waals surface area contributed by atoms with Gasteiger partial charge in [-0.25, -0.2) is 14.2 Å². The number of cyclic esters (lactones) is 1. The van der Waals surface area contributed by atoms with Crippen molar-refractivity contribution in [3.63, 3.8) is 0 Å². The van der Waals surface area contributed by atoms with Crippen LogP contribution in [0.3, 0.4) is 0 Å². The highest BCUT2D eigenvalue weighted by atomic mass is 19.1. The fraction of sp³-hybridized carbons (Fsp3) is 0.456. The number of imide groups is 1. The molecule has 2 aliphatic carbocycles. The van der Waals surface area contributed by atoms with E-state index < -0.39 is 96.3 Å². The van der Waals surface area contributed by atoms with Crippen molar-refractivity contribution in [1.82, 2.24) is 41.0 Å². The van der Waals surface area contributed by atoms with E-state index in [4.69, 9.17) is 19.2 Å². The molecular weight excluding hydrogens is 1040 g/mol. The lowest BCUT2D eigenvalue weighted by Gasteiger charge is -2.34. The molecule has 80 heavy (non-hydrogen) atoms. The molecule has 5 aliphatic rings. The molecule has 4 aromatic rings. The van der Waals surface area contributed by atoms with Crippen molar-refractivity contribution in [2.45, 2.75) is 128 Å². The van der Waals surface area contributed by atoms with Crippen LogP contribution in [0, 0.1) is 18.7 Å². The van der Waals surface area contributed by atoms with E-state index in [0.29, 0.717) is 89.5 Å². The van der Waals surface area contributed by atoms with E-state index in [9.17, 15) is 53.1 Å². The maximum Gasteiger partial charge on any atom is 0.343 e. The Balaban J connectivity index is 0.772. The van der Waals surface area contributed by atoms with Crippen LogP contribution in [0.4, 0.5) is 4.39 Å². The number of esters is 2. The molecule has 3 aliphatic heterocycles. The molecule has 7 amide bonds. The van der Waals surface area contributed by atoms with Gasteiger partial charge in [0.1, 0.15) is 31.7 Å². The predicted octanol–water partition coefficient (Wildman–Crippen LogP) is 2.27. The summed E-state index contributed by atoms with van der Waals surface area (Å²) in [6, 6.07) is 9.96.